The van der Waals surface area contributed by atoms with Crippen LogP contribution in [0, 0.1) is 5.92 Å². The van der Waals surface area contributed by atoms with Crippen molar-refractivity contribution in [2.75, 3.05) is 6.54 Å². The van der Waals surface area contributed by atoms with Crippen molar-refractivity contribution < 1.29 is 90.4 Å². The number of aromatic hydroxyl groups is 12. The fourth-order valence-corrected chi connectivity index (χ4v) is 5.64. The molecule has 2 atom stereocenters. The number of rotatable bonds is 12. The Balaban J connectivity index is 2.26. The molecule has 0 bridgehead atoms. The monoisotopic (exact) mass is 754 g/mol. The zero-order valence-corrected chi connectivity index (χ0v) is 27.2. The lowest BCUT2D eigenvalue weighted by Gasteiger charge is -2.42. The standard InChI is InChI=1S/C34H30N2O18/c35-3-1-2-16(25(45)12-4-17(37)26(46)18(38)5-12)34(33(53)54,30(50)13-6-19(39)27(47)20(40)7-13)36(31(51)14-8-21(41)28(48)22(42)9-14)32(52)15-10-23(43)29(49)24(44)11-15/h4-11,16,37-44,46-49H,1-3,35H2,(H,53,54)/t16?,34-/m0/s1. The summed E-state index contributed by atoms with van der Waals surface area (Å²) in [6.45, 7) is -0.373. The average molecular weight is 755 g/mol. The summed E-state index contributed by atoms with van der Waals surface area (Å²) in [4.78, 5) is 72.1. The second kappa shape index (κ2) is 14.6. The molecule has 0 aliphatic heterocycles. The van der Waals surface area contributed by atoms with E-state index in [2.05, 4.69) is 0 Å². The molecule has 4 aromatic carbocycles. The van der Waals surface area contributed by atoms with Crippen LogP contribution >= 0.6 is 0 Å². The number of hydrogen-bond donors (Lipinski definition) is 14. The number of Topliss-reactive ketones (excluding diaryl/α,β-unsaturated/α-hetero) is 2. The van der Waals surface area contributed by atoms with Crippen LogP contribution in [0.3, 0.4) is 0 Å². The topological polar surface area (TPSA) is 378 Å². The Kier molecular flexibility index (Phi) is 10.6. The minimum Gasteiger partial charge on any atom is -0.504 e. The van der Waals surface area contributed by atoms with E-state index in [9.17, 15) is 90.4 Å². The first kappa shape index (κ1) is 39.2. The van der Waals surface area contributed by atoms with Crippen molar-refractivity contribution in [3.8, 4) is 69.0 Å². The van der Waals surface area contributed by atoms with Gasteiger partial charge in [-0.05, 0) is 67.9 Å². The number of carbonyl (C=O) groups excluding carboxylic acids is 4. The number of carboxylic acids is 1. The van der Waals surface area contributed by atoms with E-state index in [1.807, 2.05) is 0 Å². The lowest BCUT2D eigenvalue weighted by Crippen LogP contribution is -2.69. The molecule has 15 N–H and O–H groups in total. The van der Waals surface area contributed by atoms with Crippen molar-refractivity contribution in [3.63, 3.8) is 0 Å². The molecule has 0 spiro atoms. The Morgan fingerprint density at radius 2 is 0.815 bits per heavy atom. The van der Waals surface area contributed by atoms with E-state index in [0.717, 1.165) is 0 Å². The Morgan fingerprint density at radius 1 is 0.519 bits per heavy atom. The van der Waals surface area contributed by atoms with Gasteiger partial charge in [-0.15, -0.1) is 0 Å². The predicted molar refractivity (Wildman–Crippen MR) is 177 cm³/mol. The third kappa shape index (κ3) is 6.62. The minimum atomic E-state index is -4.02. The molecule has 20 heteroatoms. The first-order chi connectivity index (χ1) is 25.2. The number of imide groups is 1. The summed E-state index contributed by atoms with van der Waals surface area (Å²) in [6.07, 6.45) is -1.28. The number of carboxylic acid groups (broad SMARTS) is 1. The molecule has 54 heavy (non-hydrogen) atoms. The summed E-state index contributed by atoms with van der Waals surface area (Å²) in [5.41, 5.74) is -2.45. The van der Waals surface area contributed by atoms with E-state index >= 15 is 0 Å². The second-order valence-electron chi connectivity index (χ2n) is 11.6. The van der Waals surface area contributed by atoms with Crippen LogP contribution in [0.25, 0.3) is 0 Å². The zero-order chi connectivity index (χ0) is 40.6. The number of nitrogens with zero attached hydrogens (tertiary/aromatic N) is 1. The molecule has 2 amide bonds. The average Bonchev–Trinajstić information content (AvgIpc) is 3.11. The van der Waals surface area contributed by atoms with Gasteiger partial charge >= 0.3 is 5.97 Å². The van der Waals surface area contributed by atoms with Gasteiger partial charge in [-0.3, -0.25) is 19.2 Å². The molecule has 0 fully saturated rings. The van der Waals surface area contributed by atoms with Crippen LogP contribution in [0.1, 0.15) is 54.3 Å². The Morgan fingerprint density at radius 3 is 1.11 bits per heavy atom. The van der Waals surface area contributed by atoms with E-state index in [1.165, 1.54) is 0 Å². The molecule has 284 valence electrons. The third-order valence-electron chi connectivity index (χ3n) is 8.27. The number of carbonyl (C=O) groups is 5. The van der Waals surface area contributed by atoms with Crippen LogP contribution in [0.5, 0.6) is 69.0 Å². The highest BCUT2D eigenvalue weighted by Crippen LogP contribution is 2.45. The van der Waals surface area contributed by atoms with E-state index in [-0.39, 0.29) is 6.54 Å². The van der Waals surface area contributed by atoms with Gasteiger partial charge in [-0.1, -0.05) is 0 Å². The number of hydrogen-bond acceptors (Lipinski definition) is 18. The molecule has 4 rings (SSSR count). The number of nitrogens with two attached hydrogens (primary N) is 1. The molecule has 0 aliphatic rings. The third-order valence-corrected chi connectivity index (χ3v) is 8.27. The van der Waals surface area contributed by atoms with Crippen molar-refractivity contribution >= 4 is 29.4 Å². The maximum Gasteiger partial charge on any atom is 0.339 e. The van der Waals surface area contributed by atoms with Gasteiger partial charge in [0.15, 0.2) is 74.8 Å². The van der Waals surface area contributed by atoms with E-state index in [1.54, 1.807) is 0 Å². The van der Waals surface area contributed by atoms with Crippen molar-refractivity contribution in [1.82, 2.24) is 4.90 Å². The number of phenolic OH excluding ortho intramolecular Hbond substituents is 12. The Hall–Kier alpha value is -7.61. The number of aliphatic carboxylic acids is 1. The highest BCUT2D eigenvalue weighted by Gasteiger charge is 2.63. The number of amides is 2. The SMILES string of the molecule is NCCCC(C(=O)c1cc(O)c(O)c(O)c1)[C@@](C(=O)O)(C(=O)c1cc(O)c(O)c(O)c1)N(C(=O)c1cc(O)c(O)c(O)c1)C(=O)c1cc(O)c(O)c(O)c1. The molecule has 0 saturated carbocycles. The smallest absolute Gasteiger partial charge is 0.339 e. The number of ketones is 2. The quantitative estimate of drug-likeness (QED) is 0.0420. The van der Waals surface area contributed by atoms with Crippen LogP contribution in [0.4, 0.5) is 0 Å². The predicted octanol–water partition coefficient (Wildman–Crippen LogP) is 1.38. The summed E-state index contributed by atoms with van der Waals surface area (Å²) < 4.78 is 0. The van der Waals surface area contributed by atoms with E-state index < -0.39 is 150 Å². The van der Waals surface area contributed by atoms with Gasteiger partial charge in [0, 0.05) is 22.3 Å². The Labute approximate surface area is 300 Å². The molecule has 0 saturated heterocycles. The first-order valence-corrected chi connectivity index (χ1v) is 15.1. The second-order valence-corrected chi connectivity index (χ2v) is 11.6. The minimum absolute atomic E-state index is 0.373. The van der Waals surface area contributed by atoms with Gasteiger partial charge < -0.3 is 72.1 Å². The first-order valence-electron chi connectivity index (χ1n) is 15.1. The lowest BCUT2D eigenvalue weighted by molar-refractivity contribution is -0.148. The molecule has 20 nitrogen and oxygen atoms in total. The van der Waals surface area contributed by atoms with E-state index in [0.29, 0.717) is 48.5 Å². The summed E-state index contributed by atoms with van der Waals surface area (Å²) in [5, 5.41) is 133. The van der Waals surface area contributed by atoms with Crippen molar-refractivity contribution in [2.45, 2.75) is 18.4 Å². The summed E-state index contributed by atoms with van der Waals surface area (Å²) >= 11 is 0. The summed E-state index contributed by atoms with van der Waals surface area (Å²) in [5.74, 6) is -27.2. The maximum atomic E-state index is 14.9. The molecular weight excluding hydrogens is 724 g/mol. The number of phenols is 12. The lowest BCUT2D eigenvalue weighted by atomic mass is 9.70. The van der Waals surface area contributed by atoms with Crippen LogP contribution in [-0.4, -0.2) is 113 Å². The van der Waals surface area contributed by atoms with Crippen LogP contribution in [0.15, 0.2) is 48.5 Å². The fraction of sp³-hybridized carbons (Fsp3) is 0.147. The highest BCUT2D eigenvalue weighted by atomic mass is 16.4. The van der Waals surface area contributed by atoms with Crippen molar-refractivity contribution in [1.29, 1.82) is 0 Å². The molecule has 1 unspecified atom stereocenters. The Bertz CT molecular complexity index is 2070. The van der Waals surface area contributed by atoms with Gasteiger partial charge in [0.2, 0.25) is 11.3 Å². The molecule has 0 aliphatic carbocycles. The van der Waals surface area contributed by atoms with Crippen molar-refractivity contribution in [2.24, 2.45) is 11.7 Å². The highest BCUT2D eigenvalue weighted by molar-refractivity contribution is 6.27. The normalized spacial score (nSPS) is 12.7. The molecule has 4 aromatic rings. The van der Waals surface area contributed by atoms with Crippen LogP contribution in [-0.2, 0) is 4.79 Å². The summed E-state index contributed by atoms with van der Waals surface area (Å²) in [6, 6.07) is 3.36. The molecule has 0 heterocycles. The van der Waals surface area contributed by atoms with Gasteiger partial charge in [-0.25, -0.2) is 9.69 Å². The number of benzene rings is 4. The zero-order valence-electron chi connectivity index (χ0n) is 27.2. The van der Waals surface area contributed by atoms with Gasteiger partial charge in [0.1, 0.15) is 0 Å². The van der Waals surface area contributed by atoms with Crippen LogP contribution < -0.4 is 5.73 Å². The van der Waals surface area contributed by atoms with Gasteiger partial charge in [-0.2, -0.15) is 0 Å². The largest absolute Gasteiger partial charge is 0.504 e. The van der Waals surface area contributed by atoms with E-state index in [4.69, 9.17) is 5.73 Å². The fourth-order valence-electron chi connectivity index (χ4n) is 5.64. The van der Waals surface area contributed by atoms with Gasteiger partial charge in [0.05, 0.1) is 5.92 Å². The molecule has 0 aromatic heterocycles. The summed E-state index contributed by atoms with van der Waals surface area (Å²) in [7, 11) is 0. The van der Waals surface area contributed by atoms with Crippen LogP contribution in [0.2, 0.25) is 0 Å². The molecule has 0 radical (unpaired) electrons. The molecular formula is C34H30N2O18. The van der Waals surface area contributed by atoms with Crippen molar-refractivity contribution in [3.05, 3.63) is 70.8 Å². The van der Waals surface area contributed by atoms with Gasteiger partial charge in [0.25, 0.3) is 11.8 Å². The maximum absolute atomic E-state index is 14.9.